The highest BCUT2D eigenvalue weighted by atomic mass is 19.1. The van der Waals surface area contributed by atoms with Crippen molar-refractivity contribution in [3.05, 3.63) is 82.9 Å². The molecule has 0 radical (unpaired) electrons. The van der Waals surface area contributed by atoms with Crippen LogP contribution in [0.15, 0.2) is 54.6 Å². The smallest absolute Gasteiger partial charge is 0.134 e. The van der Waals surface area contributed by atoms with Gasteiger partial charge in [0.05, 0.1) is 0 Å². The molecule has 0 heterocycles. The summed E-state index contributed by atoms with van der Waals surface area (Å²) in [5.74, 6) is -0.565. The lowest BCUT2D eigenvalue weighted by Crippen LogP contribution is -1.97. The fourth-order valence-electron chi connectivity index (χ4n) is 3.84. The molecule has 152 valence electrons. The first-order valence-corrected chi connectivity index (χ1v) is 10.7. The van der Waals surface area contributed by atoms with Gasteiger partial charge in [-0.25, -0.2) is 8.78 Å². The molecule has 0 saturated heterocycles. The van der Waals surface area contributed by atoms with E-state index in [1.165, 1.54) is 11.6 Å². The van der Waals surface area contributed by atoms with Gasteiger partial charge in [0, 0.05) is 11.1 Å². The molecule has 3 aromatic carbocycles. The van der Waals surface area contributed by atoms with E-state index < -0.39 is 0 Å². The minimum atomic E-state index is -0.324. The minimum absolute atomic E-state index is 0.241. The Balaban J connectivity index is 1.87. The Morgan fingerprint density at radius 2 is 1.38 bits per heavy atom. The molecule has 0 aliphatic rings. The third-order valence-electron chi connectivity index (χ3n) is 5.63. The summed E-state index contributed by atoms with van der Waals surface area (Å²) in [7, 11) is 0. The molecule has 0 fully saturated rings. The third-order valence-corrected chi connectivity index (χ3v) is 5.63. The standard InChI is InChI=1S/C27H30F2/c1-4-6-7-9-21-14-17-25(27(29)19(21)3)23-15-16-24(26(28)18-23)22-12-10-20(8-5-2)11-13-22/h10-18H,4-9H2,1-3H3. The zero-order chi connectivity index (χ0) is 20.8. The van der Waals surface area contributed by atoms with Crippen LogP contribution in [0.25, 0.3) is 22.3 Å². The van der Waals surface area contributed by atoms with Crippen molar-refractivity contribution >= 4 is 0 Å². The average Bonchev–Trinajstić information content (AvgIpc) is 2.72. The Kier molecular flexibility index (Phi) is 7.19. The Morgan fingerprint density at radius 3 is 2.03 bits per heavy atom. The molecule has 0 unspecified atom stereocenters. The van der Waals surface area contributed by atoms with Gasteiger partial charge in [0.25, 0.3) is 0 Å². The van der Waals surface area contributed by atoms with Crippen molar-refractivity contribution in [2.24, 2.45) is 0 Å². The van der Waals surface area contributed by atoms with Gasteiger partial charge in [0.2, 0.25) is 0 Å². The molecule has 0 nitrogen and oxygen atoms in total. The number of unbranched alkanes of at least 4 members (excludes halogenated alkanes) is 2. The van der Waals surface area contributed by atoms with E-state index in [9.17, 15) is 4.39 Å². The van der Waals surface area contributed by atoms with E-state index >= 15 is 4.39 Å². The van der Waals surface area contributed by atoms with Crippen LogP contribution in [-0.4, -0.2) is 0 Å². The number of aryl methyl sites for hydroxylation is 2. The van der Waals surface area contributed by atoms with Gasteiger partial charge >= 0.3 is 0 Å². The molecule has 2 heteroatoms. The van der Waals surface area contributed by atoms with Gasteiger partial charge in [-0.05, 0) is 60.1 Å². The maximum Gasteiger partial charge on any atom is 0.134 e. The van der Waals surface area contributed by atoms with Crippen molar-refractivity contribution in [2.75, 3.05) is 0 Å². The normalized spacial score (nSPS) is 11.1. The second-order valence-corrected chi connectivity index (χ2v) is 7.81. The van der Waals surface area contributed by atoms with E-state index in [1.54, 1.807) is 12.1 Å². The van der Waals surface area contributed by atoms with Crippen LogP contribution in [-0.2, 0) is 12.8 Å². The van der Waals surface area contributed by atoms with Gasteiger partial charge in [-0.1, -0.05) is 81.6 Å². The number of hydrogen-bond donors (Lipinski definition) is 0. The Labute approximate surface area is 173 Å². The molecule has 0 atom stereocenters. The zero-order valence-electron chi connectivity index (χ0n) is 17.7. The third kappa shape index (κ3) is 4.93. The highest BCUT2D eigenvalue weighted by Crippen LogP contribution is 2.31. The van der Waals surface area contributed by atoms with Crippen molar-refractivity contribution in [2.45, 2.75) is 59.3 Å². The molecule has 0 aromatic heterocycles. The molecule has 3 aromatic rings. The number of hydrogen-bond acceptors (Lipinski definition) is 0. The molecular weight excluding hydrogens is 362 g/mol. The van der Waals surface area contributed by atoms with Crippen LogP contribution in [0.2, 0.25) is 0 Å². The molecule has 0 aliphatic heterocycles. The van der Waals surface area contributed by atoms with Crippen LogP contribution in [0.3, 0.4) is 0 Å². The lowest BCUT2D eigenvalue weighted by molar-refractivity contribution is 0.614. The van der Waals surface area contributed by atoms with Crippen LogP contribution < -0.4 is 0 Å². The van der Waals surface area contributed by atoms with E-state index in [-0.39, 0.29) is 11.6 Å². The van der Waals surface area contributed by atoms with Crippen molar-refractivity contribution in [1.29, 1.82) is 0 Å². The minimum Gasteiger partial charge on any atom is -0.206 e. The SMILES string of the molecule is CCCCCc1ccc(-c2ccc(-c3ccc(CCC)cc3)c(F)c2)c(F)c1C. The summed E-state index contributed by atoms with van der Waals surface area (Å²) in [5, 5.41) is 0. The summed E-state index contributed by atoms with van der Waals surface area (Å²) in [5.41, 5.74) is 5.41. The highest BCUT2D eigenvalue weighted by molar-refractivity contribution is 5.72. The second-order valence-electron chi connectivity index (χ2n) is 7.81. The largest absolute Gasteiger partial charge is 0.206 e. The van der Waals surface area contributed by atoms with Gasteiger partial charge in [-0.15, -0.1) is 0 Å². The summed E-state index contributed by atoms with van der Waals surface area (Å²) >= 11 is 0. The van der Waals surface area contributed by atoms with Crippen molar-refractivity contribution in [3.8, 4) is 22.3 Å². The molecule has 29 heavy (non-hydrogen) atoms. The van der Waals surface area contributed by atoms with Crippen LogP contribution in [0.1, 0.15) is 56.2 Å². The van der Waals surface area contributed by atoms with Crippen molar-refractivity contribution in [3.63, 3.8) is 0 Å². The van der Waals surface area contributed by atoms with E-state index in [4.69, 9.17) is 0 Å². The lowest BCUT2D eigenvalue weighted by Gasteiger charge is -2.12. The van der Waals surface area contributed by atoms with Crippen molar-refractivity contribution < 1.29 is 8.78 Å². The first kappa shape index (κ1) is 21.2. The molecule has 0 spiro atoms. The quantitative estimate of drug-likeness (QED) is 0.338. The summed E-state index contributed by atoms with van der Waals surface area (Å²) < 4.78 is 29.9. The Bertz CT molecular complexity index is 955. The predicted octanol–water partition coefficient (Wildman–Crippen LogP) is 8.29. The van der Waals surface area contributed by atoms with Gasteiger partial charge < -0.3 is 0 Å². The van der Waals surface area contributed by atoms with Crippen LogP contribution in [0.4, 0.5) is 8.78 Å². The van der Waals surface area contributed by atoms with Crippen LogP contribution >= 0.6 is 0 Å². The monoisotopic (exact) mass is 392 g/mol. The van der Waals surface area contributed by atoms with Crippen molar-refractivity contribution in [1.82, 2.24) is 0 Å². The predicted molar refractivity (Wildman–Crippen MR) is 119 cm³/mol. The first-order chi connectivity index (χ1) is 14.0. The summed E-state index contributed by atoms with van der Waals surface area (Å²) in [6, 6.07) is 16.8. The molecule has 3 rings (SSSR count). The van der Waals surface area contributed by atoms with Gasteiger partial charge in [0.1, 0.15) is 11.6 Å². The summed E-state index contributed by atoms with van der Waals surface area (Å²) in [6.07, 6.45) is 6.36. The molecule has 0 aliphatic carbocycles. The fraction of sp³-hybridized carbons (Fsp3) is 0.333. The average molecular weight is 393 g/mol. The molecular formula is C27H30F2. The van der Waals surface area contributed by atoms with E-state index in [1.807, 2.05) is 43.3 Å². The topological polar surface area (TPSA) is 0 Å². The fourth-order valence-corrected chi connectivity index (χ4v) is 3.84. The van der Waals surface area contributed by atoms with Gasteiger partial charge in [-0.2, -0.15) is 0 Å². The highest BCUT2D eigenvalue weighted by Gasteiger charge is 2.14. The lowest BCUT2D eigenvalue weighted by atomic mass is 9.94. The Hall–Kier alpha value is -2.48. The van der Waals surface area contributed by atoms with Gasteiger partial charge in [0.15, 0.2) is 0 Å². The second kappa shape index (κ2) is 9.82. The molecule has 0 bridgehead atoms. The number of rotatable bonds is 8. The maximum atomic E-state index is 15.0. The first-order valence-electron chi connectivity index (χ1n) is 10.7. The van der Waals surface area contributed by atoms with E-state index in [2.05, 4.69) is 13.8 Å². The number of halogens is 2. The summed E-state index contributed by atoms with van der Waals surface area (Å²) in [6.45, 7) is 6.13. The molecule has 0 N–H and O–H groups in total. The summed E-state index contributed by atoms with van der Waals surface area (Å²) in [4.78, 5) is 0. The van der Waals surface area contributed by atoms with E-state index in [0.717, 1.165) is 49.7 Å². The molecule has 0 saturated carbocycles. The van der Waals surface area contributed by atoms with Gasteiger partial charge in [-0.3, -0.25) is 0 Å². The Morgan fingerprint density at radius 1 is 0.690 bits per heavy atom. The maximum absolute atomic E-state index is 15.0. The van der Waals surface area contributed by atoms with Crippen LogP contribution in [0, 0.1) is 18.6 Å². The molecule has 0 amide bonds. The van der Waals surface area contributed by atoms with E-state index in [0.29, 0.717) is 22.3 Å². The van der Waals surface area contributed by atoms with Crippen LogP contribution in [0.5, 0.6) is 0 Å². The zero-order valence-corrected chi connectivity index (χ0v) is 17.7. The number of benzene rings is 3.